The lowest BCUT2D eigenvalue weighted by molar-refractivity contribution is -0.141. The number of ketones is 1. The Hall–Kier alpha value is -1.89. The van der Waals surface area contributed by atoms with Crippen LogP contribution in [0.4, 0.5) is 13.2 Å². The molecule has 1 N–H and O–H groups in total. The first-order valence-electron chi connectivity index (χ1n) is 8.64. The van der Waals surface area contributed by atoms with E-state index in [1.54, 1.807) is 13.1 Å². The molecule has 1 unspecified atom stereocenters. The summed E-state index contributed by atoms with van der Waals surface area (Å²) < 4.78 is 41.0. The van der Waals surface area contributed by atoms with Gasteiger partial charge in [-0.25, -0.2) is 0 Å². The highest BCUT2D eigenvalue weighted by Crippen LogP contribution is 2.32. The Morgan fingerprint density at radius 2 is 1.96 bits per heavy atom. The molecule has 0 aliphatic rings. The smallest absolute Gasteiger partial charge is 0.313 e. The van der Waals surface area contributed by atoms with Crippen molar-refractivity contribution in [2.75, 3.05) is 7.05 Å². The molecule has 0 saturated heterocycles. The van der Waals surface area contributed by atoms with Crippen LogP contribution in [0.1, 0.15) is 52.4 Å². The Balaban J connectivity index is 3.53. The van der Waals surface area contributed by atoms with E-state index in [-0.39, 0.29) is 18.2 Å². The maximum Gasteiger partial charge on any atom is 0.435 e. The molecule has 1 aromatic heterocycles. The molecule has 0 aliphatic carbocycles. The van der Waals surface area contributed by atoms with Crippen LogP contribution in [0, 0.1) is 5.92 Å². The zero-order chi connectivity index (χ0) is 20.1. The Kier molecular flexibility index (Phi) is 7.38. The van der Waals surface area contributed by atoms with E-state index in [4.69, 9.17) is 0 Å². The molecule has 1 atom stereocenters. The number of hydrogen-bond acceptors (Lipinski definition) is 3. The molecule has 0 fully saturated rings. The average molecular weight is 371 g/mol. The van der Waals surface area contributed by atoms with Gasteiger partial charge in [-0.1, -0.05) is 26.3 Å². The second-order valence-electron chi connectivity index (χ2n) is 7.16. The number of likely N-dealkylation sites (N-methyl/N-ethyl adjacent to an activating group) is 1. The third-order valence-electron chi connectivity index (χ3n) is 4.19. The summed E-state index contributed by atoms with van der Waals surface area (Å²) in [6, 6.07) is 1.05. The van der Waals surface area contributed by atoms with Gasteiger partial charge in [-0.2, -0.15) is 18.3 Å². The molecule has 4 nitrogen and oxygen atoms in total. The predicted octanol–water partition coefficient (Wildman–Crippen LogP) is 4.47. The van der Waals surface area contributed by atoms with Gasteiger partial charge in [0.15, 0.2) is 11.5 Å². The van der Waals surface area contributed by atoms with Crippen LogP contribution in [-0.4, -0.2) is 28.2 Å². The van der Waals surface area contributed by atoms with Crippen LogP contribution in [-0.2, 0) is 17.5 Å². The molecule has 1 heterocycles. The van der Waals surface area contributed by atoms with Crippen LogP contribution >= 0.6 is 0 Å². The molecule has 0 saturated carbocycles. The summed E-state index contributed by atoms with van der Waals surface area (Å²) in [7, 11) is 1.75. The molecule has 0 amide bonds. The largest absolute Gasteiger partial charge is 0.435 e. The molecule has 0 spiro atoms. The second kappa shape index (κ2) is 8.66. The number of carbonyl (C=O) groups excluding carboxylic acids is 1. The van der Waals surface area contributed by atoms with Gasteiger partial charge in [0.05, 0.1) is 12.2 Å². The van der Waals surface area contributed by atoms with Crippen LogP contribution < -0.4 is 5.32 Å². The Labute approximate surface area is 153 Å². The minimum absolute atomic E-state index is 0.150. The van der Waals surface area contributed by atoms with Crippen LogP contribution in [0.2, 0.25) is 0 Å². The minimum Gasteiger partial charge on any atom is -0.313 e. The molecule has 146 valence electrons. The standard InChI is InChI=1S/C19H28F3N3O/c1-7-13(2)10-15(9-8-14(3)26)16-11-17(19(20,21)22)24-25(16)12-18(4,5)23-6/h8-11,13,23H,7,12H2,1-6H3/b9-8-,15-10+. The van der Waals surface area contributed by atoms with E-state index in [2.05, 4.69) is 10.4 Å². The molecule has 7 heteroatoms. The van der Waals surface area contributed by atoms with E-state index in [0.717, 1.165) is 12.5 Å². The topological polar surface area (TPSA) is 46.9 Å². The maximum absolute atomic E-state index is 13.2. The van der Waals surface area contributed by atoms with Gasteiger partial charge in [-0.3, -0.25) is 9.48 Å². The maximum atomic E-state index is 13.2. The Bertz CT molecular complexity index is 685. The molecule has 0 radical (unpaired) electrons. The van der Waals surface area contributed by atoms with E-state index in [1.807, 2.05) is 33.8 Å². The summed E-state index contributed by atoms with van der Waals surface area (Å²) in [6.07, 6.45) is 1.10. The van der Waals surface area contributed by atoms with E-state index < -0.39 is 17.4 Å². The Morgan fingerprint density at radius 3 is 2.42 bits per heavy atom. The number of halogens is 3. The van der Waals surface area contributed by atoms with Crippen LogP contribution in [0.5, 0.6) is 0 Å². The van der Waals surface area contributed by atoms with Gasteiger partial charge in [0.25, 0.3) is 0 Å². The molecule has 0 aliphatic heterocycles. The van der Waals surface area contributed by atoms with Crippen molar-refractivity contribution >= 4 is 11.4 Å². The fraction of sp³-hybridized carbons (Fsp3) is 0.579. The SMILES string of the molecule is CCC(C)/C=C(\C=C/C(C)=O)c1cc(C(F)(F)F)nn1CC(C)(C)NC. The summed E-state index contributed by atoms with van der Waals surface area (Å²) in [5, 5.41) is 6.86. The predicted molar refractivity (Wildman–Crippen MR) is 97.6 cm³/mol. The van der Waals surface area contributed by atoms with Crippen molar-refractivity contribution in [3.8, 4) is 0 Å². The lowest BCUT2D eigenvalue weighted by Crippen LogP contribution is -2.41. The van der Waals surface area contributed by atoms with Gasteiger partial charge in [0, 0.05) is 5.54 Å². The summed E-state index contributed by atoms with van der Waals surface area (Å²) in [5.41, 5.74) is -0.483. The monoisotopic (exact) mass is 371 g/mol. The highest BCUT2D eigenvalue weighted by atomic mass is 19.4. The first kappa shape index (κ1) is 22.2. The lowest BCUT2D eigenvalue weighted by Gasteiger charge is -2.25. The van der Waals surface area contributed by atoms with E-state index in [1.165, 1.54) is 17.7 Å². The lowest BCUT2D eigenvalue weighted by atomic mass is 10.0. The number of alkyl halides is 3. The van der Waals surface area contributed by atoms with Crippen LogP contribution in [0.3, 0.4) is 0 Å². The van der Waals surface area contributed by atoms with Crippen molar-refractivity contribution in [2.24, 2.45) is 5.92 Å². The summed E-state index contributed by atoms with van der Waals surface area (Å²) in [6.45, 7) is 9.39. The Morgan fingerprint density at radius 1 is 1.35 bits per heavy atom. The third-order valence-corrected chi connectivity index (χ3v) is 4.19. The zero-order valence-electron chi connectivity index (χ0n) is 16.2. The number of hydrogen-bond donors (Lipinski definition) is 1. The first-order valence-corrected chi connectivity index (χ1v) is 8.64. The van der Waals surface area contributed by atoms with Gasteiger partial charge >= 0.3 is 6.18 Å². The average Bonchev–Trinajstić information content (AvgIpc) is 2.94. The number of aromatic nitrogens is 2. The van der Waals surface area contributed by atoms with Gasteiger partial charge in [-0.15, -0.1) is 0 Å². The molecular formula is C19H28F3N3O. The normalized spacial score (nSPS) is 14.9. The van der Waals surface area contributed by atoms with Gasteiger partial charge < -0.3 is 5.32 Å². The number of carbonyl (C=O) groups is 1. The molecule has 0 aromatic carbocycles. The van der Waals surface area contributed by atoms with Crippen molar-refractivity contribution in [1.82, 2.24) is 15.1 Å². The first-order chi connectivity index (χ1) is 11.9. The summed E-state index contributed by atoms with van der Waals surface area (Å²) >= 11 is 0. The molecule has 1 rings (SSSR count). The molecule has 0 bridgehead atoms. The van der Waals surface area contributed by atoms with Crippen molar-refractivity contribution < 1.29 is 18.0 Å². The zero-order valence-corrected chi connectivity index (χ0v) is 16.2. The molecular weight excluding hydrogens is 343 g/mol. The number of rotatable bonds is 8. The van der Waals surface area contributed by atoms with Crippen molar-refractivity contribution in [3.63, 3.8) is 0 Å². The van der Waals surface area contributed by atoms with E-state index in [0.29, 0.717) is 11.3 Å². The minimum atomic E-state index is -4.53. The van der Waals surface area contributed by atoms with E-state index >= 15 is 0 Å². The van der Waals surface area contributed by atoms with Gasteiger partial charge in [-0.05, 0) is 57.5 Å². The number of nitrogens with one attached hydrogen (secondary N) is 1. The quantitative estimate of drug-likeness (QED) is 0.542. The molecule has 26 heavy (non-hydrogen) atoms. The van der Waals surface area contributed by atoms with Crippen LogP contribution in [0.25, 0.3) is 5.57 Å². The fourth-order valence-corrected chi connectivity index (χ4v) is 2.22. The number of allylic oxidation sites excluding steroid dienone is 4. The highest BCUT2D eigenvalue weighted by molar-refractivity contribution is 5.90. The van der Waals surface area contributed by atoms with Crippen molar-refractivity contribution in [1.29, 1.82) is 0 Å². The van der Waals surface area contributed by atoms with Crippen LogP contribution in [0.15, 0.2) is 24.3 Å². The van der Waals surface area contributed by atoms with E-state index in [9.17, 15) is 18.0 Å². The summed E-state index contributed by atoms with van der Waals surface area (Å²) in [5.74, 6) is -0.0191. The summed E-state index contributed by atoms with van der Waals surface area (Å²) in [4.78, 5) is 11.3. The fourth-order valence-electron chi connectivity index (χ4n) is 2.22. The third kappa shape index (κ3) is 6.44. The van der Waals surface area contributed by atoms with Crippen molar-refractivity contribution in [2.45, 2.75) is 59.3 Å². The van der Waals surface area contributed by atoms with Gasteiger partial charge in [0.2, 0.25) is 0 Å². The molecule has 1 aromatic rings. The van der Waals surface area contributed by atoms with Crippen molar-refractivity contribution in [3.05, 3.63) is 35.7 Å². The second-order valence-corrected chi connectivity index (χ2v) is 7.16. The number of nitrogens with zero attached hydrogens (tertiary/aromatic N) is 2. The van der Waals surface area contributed by atoms with Gasteiger partial charge in [0.1, 0.15) is 0 Å². The highest BCUT2D eigenvalue weighted by Gasteiger charge is 2.35.